The zero-order chi connectivity index (χ0) is 25.7. The van der Waals surface area contributed by atoms with Gasteiger partial charge in [0.05, 0.1) is 37.1 Å². The molecule has 0 fully saturated rings. The van der Waals surface area contributed by atoms with Gasteiger partial charge < -0.3 is 14.0 Å². The Balaban J connectivity index is 1.09. The number of fused-ring (bicyclic) bond motifs is 2. The molecule has 0 aliphatic carbocycles. The average molecular weight is 504 g/mol. The quantitative estimate of drug-likeness (QED) is 0.281. The Labute approximate surface area is 220 Å². The van der Waals surface area contributed by atoms with Gasteiger partial charge in [-0.25, -0.2) is 29.9 Å². The largest absolute Gasteiger partial charge is 0.311 e. The molecule has 0 radical (unpaired) electrons. The van der Waals surface area contributed by atoms with E-state index < -0.39 is 0 Å². The molecule has 0 bridgehead atoms. The molecule has 4 aromatic heterocycles. The van der Waals surface area contributed by atoms with Crippen molar-refractivity contribution in [2.24, 2.45) is 0 Å². The number of nitrogens with zero attached hydrogens (tertiary/aromatic N) is 9. The molecule has 0 aliphatic rings. The van der Waals surface area contributed by atoms with E-state index in [9.17, 15) is 0 Å². The minimum atomic E-state index is 0.738. The first-order valence-corrected chi connectivity index (χ1v) is 12.8. The van der Waals surface area contributed by atoms with Gasteiger partial charge in [-0.1, -0.05) is 60.7 Å². The molecular weight excluding hydrogens is 474 g/mol. The van der Waals surface area contributed by atoms with E-state index in [1.165, 1.54) is 11.1 Å². The molecule has 9 nitrogen and oxygen atoms in total. The van der Waals surface area contributed by atoms with Crippen LogP contribution in [0.2, 0.25) is 0 Å². The van der Waals surface area contributed by atoms with E-state index in [1.54, 1.807) is 12.7 Å². The molecule has 0 spiro atoms. The van der Waals surface area contributed by atoms with E-state index in [2.05, 4.69) is 75.3 Å². The van der Waals surface area contributed by atoms with Crippen molar-refractivity contribution >= 4 is 22.3 Å². The highest BCUT2D eigenvalue weighted by molar-refractivity contribution is 5.74. The fourth-order valence-electron chi connectivity index (χ4n) is 4.72. The number of hydrogen-bond acceptors (Lipinski definition) is 7. The van der Waals surface area contributed by atoms with Crippen LogP contribution in [0.3, 0.4) is 0 Å². The van der Waals surface area contributed by atoms with Crippen LogP contribution in [-0.2, 0) is 25.9 Å². The fraction of sp³-hybridized carbons (Fsp3) is 0.241. The Morgan fingerprint density at radius 1 is 0.579 bits per heavy atom. The molecule has 0 N–H and O–H groups in total. The van der Waals surface area contributed by atoms with Crippen LogP contribution in [-0.4, -0.2) is 64.1 Å². The Bertz CT molecular complexity index is 1520. The van der Waals surface area contributed by atoms with E-state index in [0.717, 1.165) is 72.7 Å². The third-order valence-corrected chi connectivity index (χ3v) is 6.81. The highest BCUT2D eigenvalue weighted by atomic mass is 15.1. The van der Waals surface area contributed by atoms with Crippen molar-refractivity contribution in [1.82, 2.24) is 43.9 Å². The van der Waals surface area contributed by atoms with Crippen molar-refractivity contribution in [3.05, 3.63) is 108 Å². The summed E-state index contributed by atoms with van der Waals surface area (Å²) in [4.78, 5) is 29.7. The predicted molar refractivity (Wildman–Crippen MR) is 147 cm³/mol. The average Bonchev–Trinajstić information content (AvgIpc) is 3.56. The molecule has 4 heterocycles. The normalized spacial score (nSPS) is 11.6. The molecule has 0 atom stereocenters. The van der Waals surface area contributed by atoms with Gasteiger partial charge in [0.2, 0.25) is 0 Å². The molecule has 0 saturated carbocycles. The molecule has 9 heteroatoms. The summed E-state index contributed by atoms with van der Waals surface area (Å²) >= 11 is 0. The van der Waals surface area contributed by atoms with Gasteiger partial charge in [-0.05, 0) is 18.2 Å². The van der Waals surface area contributed by atoms with Gasteiger partial charge in [-0.2, -0.15) is 0 Å². The van der Waals surface area contributed by atoms with Crippen LogP contribution in [0.1, 0.15) is 22.5 Å². The molecule has 38 heavy (non-hydrogen) atoms. The lowest BCUT2D eigenvalue weighted by molar-refractivity contribution is 0.341. The van der Waals surface area contributed by atoms with Crippen molar-refractivity contribution in [1.29, 1.82) is 0 Å². The lowest BCUT2D eigenvalue weighted by atomic mass is 10.2. The highest BCUT2D eigenvalue weighted by Crippen LogP contribution is 2.17. The van der Waals surface area contributed by atoms with Crippen molar-refractivity contribution in [2.45, 2.75) is 25.9 Å². The minimum Gasteiger partial charge on any atom is -0.311 e. The van der Waals surface area contributed by atoms with Gasteiger partial charge in [0.25, 0.3) is 0 Å². The molecule has 2 aromatic carbocycles. The maximum Gasteiger partial charge on any atom is 0.163 e. The fourth-order valence-corrected chi connectivity index (χ4v) is 4.72. The third kappa shape index (κ3) is 5.14. The molecule has 0 unspecified atom stereocenters. The van der Waals surface area contributed by atoms with Crippen LogP contribution in [0.15, 0.2) is 86.0 Å². The van der Waals surface area contributed by atoms with Crippen LogP contribution >= 0.6 is 0 Å². The number of imidazole rings is 2. The molecule has 0 aliphatic heterocycles. The summed E-state index contributed by atoms with van der Waals surface area (Å²) in [5, 5.41) is 0. The zero-order valence-corrected chi connectivity index (χ0v) is 21.4. The summed E-state index contributed by atoms with van der Waals surface area (Å²) in [6.07, 6.45) is 8.59. The number of aromatic nitrogens is 8. The number of rotatable bonds is 10. The van der Waals surface area contributed by atoms with Crippen LogP contribution in [0.5, 0.6) is 0 Å². The maximum atomic E-state index is 4.64. The standard InChI is InChI=1S/C29H29N9/c1-36(14-12-24-26-28(32-18-30-24)37(20-34-26)16-22-8-4-2-5-9-22)15-13-25-27-29(33-19-31-25)38(21-35-27)17-23-10-6-3-7-11-23/h2-11,18-21H,12-17H2,1H3. The second-order valence-corrected chi connectivity index (χ2v) is 9.50. The SMILES string of the molecule is CN(CCc1ncnc2c1ncn2Cc1ccccc1)CCc1ncnc2c1ncn2Cc1ccccc1. The number of hydrogen-bond donors (Lipinski definition) is 0. The Morgan fingerprint density at radius 3 is 1.47 bits per heavy atom. The Kier molecular flexibility index (Phi) is 6.82. The summed E-state index contributed by atoms with van der Waals surface area (Å²) in [5.41, 5.74) is 7.87. The van der Waals surface area contributed by atoms with E-state index in [-0.39, 0.29) is 0 Å². The zero-order valence-electron chi connectivity index (χ0n) is 21.4. The van der Waals surface area contributed by atoms with Crippen LogP contribution in [0.25, 0.3) is 22.3 Å². The van der Waals surface area contributed by atoms with Gasteiger partial charge >= 0.3 is 0 Å². The molecule has 0 amide bonds. The van der Waals surface area contributed by atoms with Crippen molar-refractivity contribution in [3.8, 4) is 0 Å². The number of likely N-dealkylation sites (N-methyl/N-ethyl adjacent to an activating group) is 1. The van der Waals surface area contributed by atoms with Crippen molar-refractivity contribution < 1.29 is 0 Å². The maximum absolute atomic E-state index is 4.64. The molecule has 6 aromatic rings. The minimum absolute atomic E-state index is 0.738. The summed E-state index contributed by atoms with van der Waals surface area (Å²) in [6.45, 7) is 3.19. The van der Waals surface area contributed by atoms with Crippen molar-refractivity contribution in [2.75, 3.05) is 20.1 Å². The molecule has 190 valence electrons. The smallest absolute Gasteiger partial charge is 0.163 e. The Morgan fingerprint density at radius 2 is 1.03 bits per heavy atom. The first-order valence-electron chi connectivity index (χ1n) is 12.8. The Hall–Kier alpha value is -4.50. The molecule has 6 rings (SSSR count). The topological polar surface area (TPSA) is 90.4 Å². The summed E-state index contributed by atoms with van der Waals surface area (Å²) in [6, 6.07) is 20.7. The van der Waals surface area contributed by atoms with Crippen LogP contribution < -0.4 is 0 Å². The van der Waals surface area contributed by atoms with Crippen LogP contribution in [0, 0.1) is 0 Å². The monoisotopic (exact) mass is 503 g/mol. The van der Waals surface area contributed by atoms with Crippen molar-refractivity contribution in [3.63, 3.8) is 0 Å². The predicted octanol–water partition coefficient (Wildman–Crippen LogP) is 3.78. The third-order valence-electron chi connectivity index (χ3n) is 6.81. The highest BCUT2D eigenvalue weighted by Gasteiger charge is 2.14. The lowest BCUT2D eigenvalue weighted by Crippen LogP contribution is -2.24. The lowest BCUT2D eigenvalue weighted by Gasteiger charge is -2.16. The molecule has 0 saturated heterocycles. The summed E-state index contributed by atoms with van der Waals surface area (Å²) < 4.78 is 4.16. The summed E-state index contributed by atoms with van der Waals surface area (Å²) in [5.74, 6) is 0. The second kappa shape index (κ2) is 10.9. The first-order chi connectivity index (χ1) is 18.7. The number of benzene rings is 2. The second-order valence-electron chi connectivity index (χ2n) is 9.50. The van der Waals surface area contributed by atoms with Gasteiger partial charge in [0.1, 0.15) is 23.7 Å². The van der Waals surface area contributed by atoms with Crippen LogP contribution in [0.4, 0.5) is 0 Å². The van der Waals surface area contributed by atoms with E-state index in [4.69, 9.17) is 0 Å². The first kappa shape index (κ1) is 23.9. The van der Waals surface area contributed by atoms with Gasteiger partial charge in [-0.15, -0.1) is 0 Å². The van der Waals surface area contributed by atoms with E-state index in [1.807, 2.05) is 49.1 Å². The van der Waals surface area contributed by atoms with E-state index in [0.29, 0.717) is 0 Å². The van der Waals surface area contributed by atoms with Gasteiger partial charge in [0.15, 0.2) is 11.3 Å². The van der Waals surface area contributed by atoms with Gasteiger partial charge in [0, 0.05) is 25.9 Å². The summed E-state index contributed by atoms with van der Waals surface area (Å²) in [7, 11) is 2.12. The van der Waals surface area contributed by atoms with Gasteiger partial charge in [-0.3, -0.25) is 0 Å². The molecular formula is C29H29N9. The van der Waals surface area contributed by atoms with E-state index >= 15 is 0 Å².